The lowest BCUT2D eigenvalue weighted by Gasteiger charge is -2.29. The fourth-order valence-corrected chi connectivity index (χ4v) is 12.3. The largest absolute Gasteiger partial charge is 0.488 e. The average Bonchev–Trinajstić information content (AvgIpc) is 3.31. The van der Waals surface area contributed by atoms with Gasteiger partial charge in [-0.3, -0.25) is 0 Å². The third-order valence-corrected chi connectivity index (χ3v) is 17.1. The normalized spacial score (nSPS) is 12.8. The minimum Gasteiger partial charge on any atom is -0.488 e. The van der Waals surface area contributed by atoms with Crippen LogP contribution in [-0.4, -0.2) is 49.3 Å². The molecule has 0 radical (unpaired) electrons. The molecule has 0 aliphatic rings. The number of hydrogen-bond donors (Lipinski definition) is 0. The minimum atomic E-state index is -0.309. The fraction of sp³-hybridized carbons (Fsp3) is 0.789. The zero-order chi connectivity index (χ0) is 48.8. The van der Waals surface area contributed by atoms with Gasteiger partial charge in [0.05, 0.1) is 17.9 Å². The summed E-state index contributed by atoms with van der Waals surface area (Å²) in [4.78, 5) is 0. The Morgan fingerprint density at radius 2 is 0.597 bits per heavy atom. The van der Waals surface area contributed by atoms with Crippen molar-refractivity contribution in [2.24, 2.45) is 0 Å². The van der Waals surface area contributed by atoms with Crippen LogP contribution in [0.25, 0.3) is 0 Å². The molecule has 0 amide bonds. The van der Waals surface area contributed by atoms with Crippen molar-refractivity contribution in [2.45, 2.75) is 251 Å². The van der Waals surface area contributed by atoms with E-state index in [1.54, 1.807) is 0 Å². The van der Waals surface area contributed by atoms with Gasteiger partial charge in [-0.1, -0.05) is 252 Å². The molecular weight excluding hydrogens is 1230 g/mol. The van der Waals surface area contributed by atoms with Crippen molar-refractivity contribution < 1.29 is 18.9 Å². The van der Waals surface area contributed by atoms with E-state index in [0.717, 1.165) is 77.2 Å². The van der Waals surface area contributed by atoms with Gasteiger partial charge in [-0.2, -0.15) is 0 Å². The molecule has 2 atom stereocenters. The summed E-state index contributed by atoms with van der Waals surface area (Å²) in [7, 11) is 0. The zero-order valence-corrected chi connectivity index (χ0v) is 52.3. The van der Waals surface area contributed by atoms with Crippen LogP contribution >= 0.6 is 95.6 Å². The van der Waals surface area contributed by atoms with Crippen LogP contribution < -0.4 is 9.47 Å². The Labute approximate surface area is 463 Å². The lowest BCUT2D eigenvalue weighted by molar-refractivity contribution is 0.0335. The molecule has 67 heavy (non-hydrogen) atoms. The van der Waals surface area contributed by atoms with Crippen molar-refractivity contribution in [2.75, 3.05) is 37.1 Å². The maximum atomic E-state index is 6.37. The average molecular weight is 1320 g/mol. The van der Waals surface area contributed by atoms with E-state index in [-0.39, 0.29) is 17.6 Å². The van der Waals surface area contributed by atoms with Crippen molar-refractivity contribution in [3.63, 3.8) is 0 Å². The van der Waals surface area contributed by atoms with Crippen LogP contribution in [0.1, 0.15) is 244 Å². The molecule has 0 spiro atoms. The maximum Gasteiger partial charge on any atom is 0.147 e. The minimum absolute atomic E-state index is 0.0123. The Balaban J connectivity index is 1.67. The Morgan fingerprint density at radius 3 is 0.821 bits per heavy atom. The second-order valence-corrected chi connectivity index (χ2v) is 24.4. The van der Waals surface area contributed by atoms with E-state index in [2.05, 4.69) is 148 Å². The summed E-state index contributed by atoms with van der Waals surface area (Å²) in [6.45, 7) is 11.6. The second-order valence-electron chi connectivity index (χ2n) is 19.7. The highest BCUT2D eigenvalue weighted by Gasteiger charge is 2.28. The van der Waals surface area contributed by atoms with Crippen molar-refractivity contribution in [3.8, 4) is 11.5 Å². The van der Waals surface area contributed by atoms with Gasteiger partial charge in [0.1, 0.15) is 36.9 Å². The topological polar surface area (TPSA) is 36.9 Å². The molecule has 0 heterocycles. The lowest BCUT2D eigenvalue weighted by atomic mass is 9.78. The highest BCUT2D eigenvalue weighted by Crippen LogP contribution is 2.44. The van der Waals surface area contributed by atoms with Gasteiger partial charge in [0, 0.05) is 29.3 Å². The molecule has 0 aromatic heterocycles. The lowest BCUT2D eigenvalue weighted by Crippen LogP contribution is -2.24. The van der Waals surface area contributed by atoms with Crippen molar-refractivity contribution in [1.82, 2.24) is 0 Å². The third kappa shape index (κ3) is 30.0. The van der Waals surface area contributed by atoms with E-state index in [4.69, 9.17) is 18.9 Å². The quantitative estimate of drug-likeness (QED) is 0.0489. The fourth-order valence-electron chi connectivity index (χ4n) is 8.71. The van der Waals surface area contributed by atoms with E-state index in [9.17, 15) is 0 Å². The predicted molar refractivity (Wildman–Crippen MR) is 313 cm³/mol. The summed E-state index contributed by atoms with van der Waals surface area (Å²) < 4.78 is 28.9. The van der Waals surface area contributed by atoms with Gasteiger partial charge in [-0.15, -0.1) is 0 Å². The summed E-state index contributed by atoms with van der Waals surface area (Å²) in [6, 6.07) is 8.68. The summed E-state index contributed by atoms with van der Waals surface area (Å²) >= 11 is 22.7. The Hall–Kier alpha value is 0.840. The van der Waals surface area contributed by atoms with Crippen LogP contribution in [0.3, 0.4) is 0 Å². The van der Waals surface area contributed by atoms with Gasteiger partial charge in [-0.05, 0) is 112 Å². The Morgan fingerprint density at radius 1 is 0.373 bits per heavy atom. The molecule has 4 nitrogen and oxygen atoms in total. The molecular formula is C57H94Br6O4. The number of hydrogen-bond acceptors (Lipinski definition) is 4. The number of ether oxygens (including phenoxy) is 4. The van der Waals surface area contributed by atoms with Crippen LogP contribution in [0.5, 0.6) is 11.5 Å². The molecule has 2 rings (SSSR count). The van der Waals surface area contributed by atoms with Gasteiger partial charge in [-0.25, -0.2) is 0 Å². The van der Waals surface area contributed by atoms with E-state index >= 15 is 0 Å². The first-order valence-electron chi connectivity index (χ1n) is 27.2. The first kappa shape index (κ1) is 64.0. The van der Waals surface area contributed by atoms with E-state index in [0.29, 0.717) is 13.2 Å². The predicted octanol–water partition coefficient (Wildman–Crippen LogP) is 21.9. The Bertz CT molecular complexity index is 1340. The molecule has 2 aromatic carbocycles. The molecule has 0 fully saturated rings. The monoisotopic (exact) mass is 1320 g/mol. The molecule has 0 saturated carbocycles. The molecule has 10 heteroatoms. The third-order valence-electron chi connectivity index (χ3n) is 13.3. The smallest absolute Gasteiger partial charge is 0.147 e. The number of halogens is 6. The van der Waals surface area contributed by atoms with Gasteiger partial charge < -0.3 is 18.9 Å². The van der Waals surface area contributed by atoms with Crippen LogP contribution in [-0.2, 0) is 14.9 Å². The number of rotatable bonds is 46. The SMILES string of the molecule is CCCCCCCCCCCCCCCCCCOC(CBr)COc1c(Br)cc(C(C)(C)c2cc(Br)c(OCC(CBr)OCCCCCCCCCCCCCCCCCC)c(Br)c2)cc1Br. The molecule has 0 aliphatic carbocycles. The summed E-state index contributed by atoms with van der Waals surface area (Å²) in [5.41, 5.74) is 2.00. The van der Waals surface area contributed by atoms with Gasteiger partial charge >= 0.3 is 0 Å². The summed E-state index contributed by atoms with van der Waals surface area (Å²) in [6.07, 6.45) is 43.9. The molecule has 388 valence electrons. The maximum absolute atomic E-state index is 6.37. The van der Waals surface area contributed by atoms with Crippen LogP contribution in [0.15, 0.2) is 42.2 Å². The standard InChI is InChI=1S/C57H94Br6O4/c1-5-7-9-11-13-15-17-19-21-23-25-27-29-31-33-35-37-64-49(43-58)45-66-55-51(60)39-47(40-52(55)61)57(3,4)48-41-53(62)56(54(63)42-48)67-46-50(44-59)65-38-36-34-32-30-28-26-24-22-20-18-16-14-12-10-8-6-2/h39-42,49-50H,5-38,43-46H2,1-4H3. The van der Waals surface area contributed by atoms with E-state index in [1.165, 1.54) is 193 Å². The highest BCUT2D eigenvalue weighted by atomic mass is 79.9. The molecule has 0 aliphatic heterocycles. The van der Waals surface area contributed by atoms with E-state index in [1.807, 2.05) is 0 Å². The van der Waals surface area contributed by atoms with Gasteiger partial charge in [0.2, 0.25) is 0 Å². The molecule has 0 bridgehead atoms. The molecule has 0 saturated heterocycles. The van der Waals surface area contributed by atoms with Gasteiger partial charge in [0.15, 0.2) is 0 Å². The van der Waals surface area contributed by atoms with Crippen LogP contribution in [0.4, 0.5) is 0 Å². The molecule has 2 unspecified atom stereocenters. The zero-order valence-electron chi connectivity index (χ0n) is 42.7. The van der Waals surface area contributed by atoms with Crippen molar-refractivity contribution in [1.29, 1.82) is 0 Å². The Kier molecular flexibility index (Phi) is 40.3. The van der Waals surface area contributed by atoms with E-state index < -0.39 is 0 Å². The number of benzene rings is 2. The van der Waals surface area contributed by atoms with Crippen LogP contribution in [0.2, 0.25) is 0 Å². The highest BCUT2D eigenvalue weighted by molar-refractivity contribution is 9.11. The summed E-state index contributed by atoms with van der Waals surface area (Å²) in [5.74, 6) is 1.59. The first-order valence-corrected chi connectivity index (χ1v) is 32.6. The van der Waals surface area contributed by atoms with Crippen LogP contribution in [0, 0.1) is 0 Å². The second kappa shape index (κ2) is 42.2. The van der Waals surface area contributed by atoms with Crippen molar-refractivity contribution in [3.05, 3.63) is 53.3 Å². The number of alkyl halides is 2. The molecule has 0 N–H and O–H groups in total. The van der Waals surface area contributed by atoms with Gasteiger partial charge in [0.25, 0.3) is 0 Å². The number of unbranched alkanes of at least 4 members (excludes halogenated alkanes) is 30. The first-order chi connectivity index (χ1) is 32.6. The molecule has 2 aromatic rings. The summed E-state index contributed by atoms with van der Waals surface area (Å²) in [5, 5.41) is 1.47. The van der Waals surface area contributed by atoms with Crippen molar-refractivity contribution >= 4 is 95.6 Å².